The molecule has 122 valence electrons. The van der Waals surface area contributed by atoms with Crippen molar-refractivity contribution in [3.05, 3.63) is 35.3 Å². The van der Waals surface area contributed by atoms with Crippen LogP contribution in [0.1, 0.15) is 35.9 Å². The van der Waals surface area contributed by atoms with Crippen molar-refractivity contribution >= 4 is 22.8 Å². The number of carbonyl (C=O) groups excluding carboxylic acids is 2. The van der Waals surface area contributed by atoms with E-state index in [0.717, 1.165) is 12.8 Å². The average molecular weight is 319 g/mol. The van der Waals surface area contributed by atoms with Crippen LogP contribution in [0.25, 0.3) is 11.0 Å². The number of amides is 1. The molecule has 1 N–H and O–H groups in total. The van der Waals surface area contributed by atoms with Crippen LogP contribution in [0.4, 0.5) is 4.39 Å². The van der Waals surface area contributed by atoms with E-state index in [9.17, 15) is 14.0 Å². The van der Waals surface area contributed by atoms with E-state index in [-0.39, 0.29) is 24.3 Å². The molecule has 2 aromatic rings. The lowest BCUT2D eigenvalue weighted by molar-refractivity contribution is -0.125. The summed E-state index contributed by atoms with van der Waals surface area (Å²) in [6.07, 6.45) is 2.24. The van der Waals surface area contributed by atoms with Crippen LogP contribution in [-0.2, 0) is 9.53 Å². The third-order valence-electron chi connectivity index (χ3n) is 4.14. The molecule has 3 rings (SSSR count). The van der Waals surface area contributed by atoms with Crippen molar-refractivity contribution in [2.24, 2.45) is 5.92 Å². The maximum absolute atomic E-state index is 13.3. The molecule has 1 aliphatic carbocycles. The minimum atomic E-state index is -0.728. The Morgan fingerprint density at radius 3 is 2.87 bits per heavy atom. The van der Waals surface area contributed by atoms with Crippen LogP contribution in [0.2, 0.25) is 0 Å². The van der Waals surface area contributed by atoms with Gasteiger partial charge in [-0.05, 0) is 50.8 Å². The first kappa shape index (κ1) is 15.5. The van der Waals surface area contributed by atoms with Gasteiger partial charge < -0.3 is 14.5 Å². The summed E-state index contributed by atoms with van der Waals surface area (Å²) in [6.45, 7) is 3.23. The molecule has 5 nitrogen and oxygen atoms in total. The summed E-state index contributed by atoms with van der Waals surface area (Å²) in [5.74, 6) is -0.948. The van der Waals surface area contributed by atoms with E-state index in [1.54, 1.807) is 6.92 Å². The number of fused-ring (bicyclic) bond motifs is 1. The molecule has 23 heavy (non-hydrogen) atoms. The molecule has 1 fully saturated rings. The molecule has 1 aliphatic rings. The fourth-order valence-electron chi connectivity index (χ4n) is 2.59. The van der Waals surface area contributed by atoms with Crippen LogP contribution in [0, 0.1) is 18.7 Å². The summed E-state index contributed by atoms with van der Waals surface area (Å²) in [4.78, 5) is 23.8. The highest BCUT2D eigenvalue weighted by molar-refractivity contribution is 5.96. The van der Waals surface area contributed by atoms with Crippen LogP contribution in [0.5, 0.6) is 0 Å². The maximum Gasteiger partial charge on any atom is 0.375 e. The first-order chi connectivity index (χ1) is 11.0. The summed E-state index contributed by atoms with van der Waals surface area (Å²) in [7, 11) is 0. The Bertz CT molecular complexity index is 763. The number of halogens is 1. The number of hydrogen-bond donors (Lipinski definition) is 1. The van der Waals surface area contributed by atoms with Crippen LogP contribution >= 0.6 is 0 Å². The Morgan fingerprint density at radius 1 is 1.43 bits per heavy atom. The van der Waals surface area contributed by atoms with Gasteiger partial charge in [-0.3, -0.25) is 4.79 Å². The zero-order valence-electron chi connectivity index (χ0n) is 13.0. The van der Waals surface area contributed by atoms with Gasteiger partial charge in [0.15, 0.2) is 6.61 Å². The average Bonchev–Trinajstić information content (AvgIpc) is 3.31. The van der Waals surface area contributed by atoms with Gasteiger partial charge in [0.25, 0.3) is 5.91 Å². The van der Waals surface area contributed by atoms with Crippen molar-refractivity contribution in [3.8, 4) is 0 Å². The number of aryl methyl sites for hydroxylation is 1. The van der Waals surface area contributed by atoms with Gasteiger partial charge in [-0.25, -0.2) is 9.18 Å². The van der Waals surface area contributed by atoms with E-state index in [1.165, 1.54) is 18.2 Å². The van der Waals surface area contributed by atoms with Crippen LogP contribution in [0.3, 0.4) is 0 Å². The van der Waals surface area contributed by atoms with Crippen molar-refractivity contribution < 1.29 is 23.1 Å². The second-order valence-corrected chi connectivity index (χ2v) is 5.97. The van der Waals surface area contributed by atoms with Crippen molar-refractivity contribution in [2.75, 3.05) is 6.61 Å². The van der Waals surface area contributed by atoms with Gasteiger partial charge in [0.05, 0.1) is 0 Å². The van der Waals surface area contributed by atoms with Gasteiger partial charge >= 0.3 is 5.97 Å². The van der Waals surface area contributed by atoms with Gasteiger partial charge in [0.1, 0.15) is 11.4 Å². The molecule has 1 aromatic carbocycles. The number of nitrogens with one attached hydrogen (secondary N) is 1. The number of benzene rings is 1. The van der Waals surface area contributed by atoms with E-state index in [0.29, 0.717) is 22.5 Å². The van der Waals surface area contributed by atoms with Crippen molar-refractivity contribution in [2.45, 2.75) is 32.7 Å². The molecule has 1 atom stereocenters. The Hall–Kier alpha value is -2.37. The zero-order valence-corrected chi connectivity index (χ0v) is 13.0. The number of carbonyl (C=O) groups is 2. The normalized spacial score (nSPS) is 15.4. The summed E-state index contributed by atoms with van der Waals surface area (Å²) < 4.78 is 23.7. The minimum absolute atomic E-state index is 0.00589. The lowest BCUT2D eigenvalue weighted by Gasteiger charge is -2.12. The Kier molecular flexibility index (Phi) is 4.07. The van der Waals surface area contributed by atoms with E-state index in [4.69, 9.17) is 9.15 Å². The molecule has 1 aromatic heterocycles. The number of furan rings is 1. The quantitative estimate of drug-likeness (QED) is 0.860. The van der Waals surface area contributed by atoms with Crippen molar-refractivity contribution in [1.82, 2.24) is 5.32 Å². The first-order valence-electron chi connectivity index (χ1n) is 7.61. The van der Waals surface area contributed by atoms with E-state index in [2.05, 4.69) is 5.32 Å². The Balaban J connectivity index is 1.63. The molecule has 1 saturated carbocycles. The highest BCUT2D eigenvalue weighted by Gasteiger charge is 2.29. The highest BCUT2D eigenvalue weighted by atomic mass is 19.1. The van der Waals surface area contributed by atoms with Gasteiger partial charge in [-0.2, -0.15) is 0 Å². The lowest BCUT2D eigenvalue weighted by Crippen LogP contribution is -2.37. The molecule has 6 heteroatoms. The van der Waals surface area contributed by atoms with E-state index >= 15 is 0 Å². The number of ether oxygens (including phenoxy) is 1. The van der Waals surface area contributed by atoms with Gasteiger partial charge in [0, 0.05) is 17.0 Å². The third kappa shape index (κ3) is 3.36. The predicted octanol–water partition coefficient (Wildman–Crippen LogP) is 2.95. The van der Waals surface area contributed by atoms with E-state index in [1.807, 2.05) is 6.92 Å². The Labute approximate surface area is 132 Å². The fraction of sp³-hybridized carbons (Fsp3) is 0.412. The molecular weight excluding hydrogens is 301 g/mol. The van der Waals surface area contributed by atoms with E-state index < -0.39 is 11.8 Å². The van der Waals surface area contributed by atoms with Crippen LogP contribution in [0.15, 0.2) is 22.6 Å². The van der Waals surface area contributed by atoms with Crippen LogP contribution in [-0.4, -0.2) is 24.5 Å². The van der Waals surface area contributed by atoms with Crippen molar-refractivity contribution in [1.29, 1.82) is 0 Å². The first-order valence-corrected chi connectivity index (χ1v) is 7.61. The third-order valence-corrected chi connectivity index (χ3v) is 4.14. The smallest absolute Gasteiger partial charge is 0.375 e. The van der Waals surface area contributed by atoms with Crippen LogP contribution < -0.4 is 5.32 Å². The molecule has 0 aliphatic heterocycles. The predicted molar refractivity (Wildman–Crippen MR) is 81.5 cm³/mol. The molecule has 0 spiro atoms. The second kappa shape index (κ2) is 6.02. The molecular formula is C17H18FNO4. The molecule has 1 heterocycles. The zero-order chi connectivity index (χ0) is 16.6. The summed E-state index contributed by atoms with van der Waals surface area (Å²) in [5.41, 5.74) is 0.902. The minimum Gasteiger partial charge on any atom is -0.450 e. The molecule has 0 saturated heterocycles. The SMILES string of the molecule is Cc1c(C(=O)OCC(=O)N[C@@H](C)C2CC2)oc2ccc(F)cc12. The van der Waals surface area contributed by atoms with Gasteiger partial charge in [-0.15, -0.1) is 0 Å². The summed E-state index contributed by atoms with van der Waals surface area (Å²) in [5, 5.41) is 3.32. The van der Waals surface area contributed by atoms with Gasteiger partial charge in [-0.1, -0.05) is 0 Å². The largest absolute Gasteiger partial charge is 0.450 e. The van der Waals surface area contributed by atoms with Gasteiger partial charge in [0.2, 0.25) is 5.76 Å². The number of rotatable bonds is 5. The fourth-order valence-corrected chi connectivity index (χ4v) is 2.59. The lowest BCUT2D eigenvalue weighted by atomic mass is 10.1. The maximum atomic E-state index is 13.3. The second-order valence-electron chi connectivity index (χ2n) is 5.97. The molecule has 0 bridgehead atoms. The molecule has 0 unspecified atom stereocenters. The standard InChI is InChI=1S/C17H18FNO4/c1-9-13-7-12(18)5-6-14(13)23-16(9)17(21)22-8-15(20)19-10(2)11-3-4-11/h5-7,10-11H,3-4,8H2,1-2H3,(H,19,20)/t10-/m0/s1. The highest BCUT2D eigenvalue weighted by Crippen LogP contribution is 2.32. The molecule has 0 radical (unpaired) electrons. The summed E-state index contributed by atoms with van der Waals surface area (Å²) >= 11 is 0. The molecule has 1 amide bonds. The topological polar surface area (TPSA) is 68.5 Å². The summed E-state index contributed by atoms with van der Waals surface area (Å²) in [6, 6.07) is 4.11. The monoisotopic (exact) mass is 319 g/mol. The Morgan fingerprint density at radius 2 is 2.17 bits per heavy atom. The number of hydrogen-bond acceptors (Lipinski definition) is 4. The van der Waals surface area contributed by atoms with Crippen molar-refractivity contribution in [3.63, 3.8) is 0 Å². The number of esters is 1.